The molecular formula is C15H18N4O2. The third-order valence-corrected chi connectivity index (χ3v) is 3.95. The zero-order valence-electron chi connectivity index (χ0n) is 11.9. The van der Waals surface area contributed by atoms with Crippen molar-refractivity contribution >= 4 is 0 Å². The molecule has 0 radical (unpaired) electrons. The molecule has 1 fully saturated rings. The van der Waals surface area contributed by atoms with Crippen LogP contribution in [0.2, 0.25) is 0 Å². The number of hydrogen-bond donors (Lipinski definition) is 0. The molecule has 1 aromatic carbocycles. The van der Waals surface area contributed by atoms with Crippen LogP contribution >= 0.6 is 0 Å². The molecule has 6 nitrogen and oxygen atoms in total. The first kappa shape index (κ1) is 12.6. The van der Waals surface area contributed by atoms with E-state index < -0.39 is 0 Å². The Bertz CT molecular complexity index is 634. The van der Waals surface area contributed by atoms with Crippen molar-refractivity contribution in [2.75, 3.05) is 19.9 Å². The van der Waals surface area contributed by atoms with Gasteiger partial charge in [-0.05, 0) is 43.6 Å². The fraction of sp³-hybridized carbons (Fsp3) is 0.467. The van der Waals surface area contributed by atoms with Crippen LogP contribution in [0.15, 0.2) is 24.4 Å². The number of benzene rings is 1. The maximum Gasteiger partial charge on any atom is 0.231 e. The Balaban J connectivity index is 1.43. The third kappa shape index (κ3) is 2.71. The van der Waals surface area contributed by atoms with Crippen LogP contribution < -0.4 is 9.47 Å². The standard InChI is InChI=1S/C15H18N4O2/c1-2-6-18(5-1)9-13-10-19(17-16-13)8-12-3-4-14-15(7-12)21-11-20-14/h3-4,7,10H,1-2,5-6,8-9,11H2. The van der Waals surface area contributed by atoms with Gasteiger partial charge >= 0.3 is 0 Å². The molecule has 1 saturated heterocycles. The van der Waals surface area contributed by atoms with Crippen molar-refractivity contribution in [1.29, 1.82) is 0 Å². The van der Waals surface area contributed by atoms with E-state index in [0.717, 1.165) is 29.3 Å². The van der Waals surface area contributed by atoms with Gasteiger partial charge in [0, 0.05) is 6.54 Å². The van der Waals surface area contributed by atoms with E-state index in [1.807, 2.05) is 29.1 Å². The number of likely N-dealkylation sites (tertiary alicyclic amines) is 1. The molecule has 21 heavy (non-hydrogen) atoms. The van der Waals surface area contributed by atoms with Crippen LogP contribution in [0.5, 0.6) is 11.5 Å². The first-order valence-electron chi connectivity index (χ1n) is 7.37. The first-order chi connectivity index (χ1) is 10.4. The van der Waals surface area contributed by atoms with Gasteiger partial charge in [-0.3, -0.25) is 4.90 Å². The fourth-order valence-corrected chi connectivity index (χ4v) is 2.88. The summed E-state index contributed by atoms with van der Waals surface area (Å²) in [6.07, 6.45) is 4.62. The molecule has 2 aromatic rings. The zero-order chi connectivity index (χ0) is 14.1. The van der Waals surface area contributed by atoms with E-state index in [0.29, 0.717) is 13.3 Å². The Kier molecular flexibility index (Phi) is 3.23. The Hall–Kier alpha value is -2.08. The summed E-state index contributed by atoms with van der Waals surface area (Å²) in [4.78, 5) is 2.43. The number of fused-ring (bicyclic) bond motifs is 1. The highest BCUT2D eigenvalue weighted by molar-refractivity contribution is 5.44. The topological polar surface area (TPSA) is 52.4 Å². The van der Waals surface area contributed by atoms with Gasteiger partial charge in [-0.2, -0.15) is 0 Å². The average molecular weight is 286 g/mol. The van der Waals surface area contributed by atoms with Gasteiger partial charge in [-0.1, -0.05) is 11.3 Å². The van der Waals surface area contributed by atoms with Gasteiger partial charge in [0.2, 0.25) is 6.79 Å². The molecule has 2 aliphatic rings. The quantitative estimate of drug-likeness (QED) is 0.855. The summed E-state index contributed by atoms with van der Waals surface area (Å²) in [6.45, 7) is 4.26. The summed E-state index contributed by atoms with van der Waals surface area (Å²) in [5.41, 5.74) is 2.18. The molecule has 3 heterocycles. The lowest BCUT2D eigenvalue weighted by Crippen LogP contribution is -2.18. The number of rotatable bonds is 4. The summed E-state index contributed by atoms with van der Waals surface area (Å²) in [5.74, 6) is 1.62. The number of hydrogen-bond acceptors (Lipinski definition) is 5. The van der Waals surface area contributed by atoms with Gasteiger partial charge < -0.3 is 9.47 Å². The van der Waals surface area contributed by atoms with Gasteiger partial charge in [0.25, 0.3) is 0 Å². The van der Waals surface area contributed by atoms with Crippen LogP contribution in [0.1, 0.15) is 24.1 Å². The zero-order valence-corrected chi connectivity index (χ0v) is 11.9. The molecule has 0 spiro atoms. The normalized spacial score (nSPS) is 17.5. The van der Waals surface area contributed by atoms with Gasteiger partial charge in [0.05, 0.1) is 18.4 Å². The SMILES string of the molecule is c1cc2c(cc1Cn1cc(CN3CCCC3)nn1)OCO2. The minimum atomic E-state index is 0.308. The summed E-state index contributed by atoms with van der Waals surface area (Å²) >= 11 is 0. The maximum absolute atomic E-state index is 5.40. The van der Waals surface area contributed by atoms with Crippen molar-refractivity contribution < 1.29 is 9.47 Å². The van der Waals surface area contributed by atoms with Crippen LogP contribution in [-0.2, 0) is 13.1 Å². The van der Waals surface area contributed by atoms with Crippen molar-refractivity contribution in [3.8, 4) is 11.5 Å². The predicted octanol–water partition coefficient (Wildman–Crippen LogP) is 1.65. The van der Waals surface area contributed by atoms with Crippen LogP contribution in [0.3, 0.4) is 0 Å². The second-order valence-electron chi connectivity index (χ2n) is 5.58. The molecule has 4 rings (SSSR count). The molecule has 0 atom stereocenters. The molecule has 0 aliphatic carbocycles. The maximum atomic E-state index is 5.40. The molecule has 2 aliphatic heterocycles. The monoisotopic (exact) mass is 286 g/mol. The Labute approximate surface area is 123 Å². The summed E-state index contributed by atoms with van der Waals surface area (Å²) in [7, 11) is 0. The molecule has 0 bridgehead atoms. The van der Waals surface area contributed by atoms with Crippen molar-refractivity contribution in [2.45, 2.75) is 25.9 Å². The van der Waals surface area contributed by atoms with Gasteiger partial charge in [-0.25, -0.2) is 4.68 Å². The van der Waals surface area contributed by atoms with E-state index in [2.05, 4.69) is 15.2 Å². The van der Waals surface area contributed by atoms with E-state index in [-0.39, 0.29) is 0 Å². The lowest BCUT2D eigenvalue weighted by Gasteiger charge is -2.11. The van der Waals surface area contributed by atoms with E-state index in [1.54, 1.807) is 0 Å². The van der Waals surface area contributed by atoms with Gasteiger partial charge in [0.1, 0.15) is 0 Å². The minimum absolute atomic E-state index is 0.308. The Morgan fingerprint density at radius 1 is 1.05 bits per heavy atom. The average Bonchev–Trinajstić information content (AvgIpc) is 3.21. The smallest absolute Gasteiger partial charge is 0.231 e. The molecule has 110 valence electrons. The molecular weight excluding hydrogens is 268 g/mol. The summed E-state index contributed by atoms with van der Waals surface area (Å²) in [6, 6.07) is 5.99. The summed E-state index contributed by atoms with van der Waals surface area (Å²) < 4.78 is 12.6. The van der Waals surface area contributed by atoms with Crippen LogP contribution in [0, 0.1) is 0 Å². The largest absolute Gasteiger partial charge is 0.454 e. The van der Waals surface area contributed by atoms with Crippen molar-refractivity contribution in [2.24, 2.45) is 0 Å². The highest BCUT2D eigenvalue weighted by Crippen LogP contribution is 2.32. The van der Waals surface area contributed by atoms with E-state index in [4.69, 9.17) is 9.47 Å². The van der Waals surface area contributed by atoms with Crippen molar-refractivity contribution in [3.05, 3.63) is 35.7 Å². The predicted molar refractivity (Wildman–Crippen MR) is 76.2 cm³/mol. The van der Waals surface area contributed by atoms with E-state index in [1.165, 1.54) is 25.9 Å². The van der Waals surface area contributed by atoms with Crippen molar-refractivity contribution in [1.82, 2.24) is 19.9 Å². The molecule has 6 heteroatoms. The third-order valence-electron chi connectivity index (χ3n) is 3.95. The fourth-order valence-electron chi connectivity index (χ4n) is 2.88. The van der Waals surface area contributed by atoms with E-state index >= 15 is 0 Å². The lowest BCUT2D eigenvalue weighted by atomic mass is 10.2. The molecule has 0 unspecified atom stereocenters. The Morgan fingerprint density at radius 3 is 2.81 bits per heavy atom. The van der Waals surface area contributed by atoms with Crippen LogP contribution in [0.25, 0.3) is 0 Å². The van der Waals surface area contributed by atoms with Crippen molar-refractivity contribution in [3.63, 3.8) is 0 Å². The highest BCUT2D eigenvalue weighted by Gasteiger charge is 2.15. The minimum Gasteiger partial charge on any atom is -0.454 e. The molecule has 0 N–H and O–H groups in total. The number of nitrogens with zero attached hydrogens (tertiary/aromatic N) is 4. The number of aromatic nitrogens is 3. The summed E-state index contributed by atoms with van der Waals surface area (Å²) in [5, 5.41) is 8.48. The van der Waals surface area contributed by atoms with Crippen LogP contribution in [0.4, 0.5) is 0 Å². The lowest BCUT2D eigenvalue weighted by molar-refractivity contribution is 0.174. The first-order valence-corrected chi connectivity index (χ1v) is 7.37. The van der Waals surface area contributed by atoms with Gasteiger partial charge in [-0.15, -0.1) is 5.10 Å². The molecule has 0 saturated carbocycles. The Morgan fingerprint density at radius 2 is 1.90 bits per heavy atom. The molecule has 0 amide bonds. The number of ether oxygens (including phenoxy) is 2. The van der Waals surface area contributed by atoms with E-state index in [9.17, 15) is 0 Å². The molecule has 1 aromatic heterocycles. The second-order valence-corrected chi connectivity index (χ2v) is 5.58. The van der Waals surface area contributed by atoms with Gasteiger partial charge in [0.15, 0.2) is 11.5 Å². The second kappa shape index (κ2) is 5.37. The van der Waals surface area contributed by atoms with Crippen LogP contribution in [-0.4, -0.2) is 39.8 Å². The highest BCUT2D eigenvalue weighted by atomic mass is 16.7.